The molecule has 5 heteroatoms. The fraction of sp³-hybridized carbons (Fsp3) is 0.0909. The van der Waals surface area contributed by atoms with E-state index in [1.54, 1.807) is 0 Å². The maximum absolute atomic E-state index is 12.1. The van der Waals surface area contributed by atoms with Gasteiger partial charge in [-0.25, -0.2) is 0 Å². The Labute approximate surface area is 89.4 Å². The minimum Gasteiger partial charge on any atom is -0.299 e. The molecule has 1 aromatic carbocycles. The van der Waals surface area contributed by atoms with Crippen LogP contribution in [0.2, 0.25) is 0 Å². The van der Waals surface area contributed by atoms with Crippen LogP contribution in [-0.2, 0) is 4.79 Å². The van der Waals surface area contributed by atoms with E-state index in [2.05, 4.69) is 0 Å². The summed E-state index contributed by atoms with van der Waals surface area (Å²) in [6.07, 6.45) is -1.93. The smallest absolute Gasteiger partial charge is 0.299 e. The molecule has 1 aromatic rings. The molecule has 0 fully saturated rings. The molecule has 0 spiro atoms. The third-order valence-corrected chi connectivity index (χ3v) is 1.77. The van der Waals surface area contributed by atoms with Crippen LogP contribution in [-0.4, -0.2) is 18.2 Å². The number of allylic oxidation sites excluding steroid dienone is 1. The van der Waals surface area contributed by atoms with Crippen molar-refractivity contribution in [3.8, 4) is 0 Å². The van der Waals surface area contributed by atoms with Crippen molar-refractivity contribution < 1.29 is 22.8 Å². The van der Waals surface area contributed by atoms with Gasteiger partial charge in [0.2, 0.25) is 0 Å². The minimum absolute atomic E-state index is 0.363. The normalized spacial score (nSPS) is 11.7. The molecular weight excluding hydrogens is 221 g/mol. The van der Waals surface area contributed by atoms with E-state index >= 15 is 0 Å². The number of alkyl halides is 3. The summed E-state index contributed by atoms with van der Waals surface area (Å²) in [5, 5.41) is 0. The molecule has 0 aliphatic carbocycles. The lowest BCUT2D eigenvalue weighted by molar-refractivity contribution is -0.104. The first-order chi connectivity index (χ1) is 7.45. The van der Waals surface area contributed by atoms with Crippen LogP contribution in [0.3, 0.4) is 0 Å². The van der Waals surface area contributed by atoms with Gasteiger partial charge >= 0.3 is 6.18 Å². The molecule has 1 rings (SSSR count). The van der Waals surface area contributed by atoms with Gasteiger partial charge < -0.3 is 0 Å². The second-order valence-electron chi connectivity index (χ2n) is 2.95. The van der Waals surface area contributed by atoms with Crippen molar-refractivity contribution in [3.05, 3.63) is 41.5 Å². The number of Topliss-reactive ketones (excluding diaryl/α,β-unsaturated/α-hetero) is 1. The molecule has 0 aliphatic rings. The van der Waals surface area contributed by atoms with Gasteiger partial charge in [-0.3, -0.25) is 9.59 Å². The quantitative estimate of drug-likeness (QED) is 0.452. The molecule has 0 N–H and O–H groups in total. The van der Waals surface area contributed by atoms with E-state index in [1.807, 2.05) is 0 Å². The van der Waals surface area contributed by atoms with E-state index in [0.29, 0.717) is 11.8 Å². The van der Waals surface area contributed by atoms with Crippen LogP contribution in [0.15, 0.2) is 30.3 Å². The maximum atomic E-state index is 12.1. The van der Waals surface area contributed by atoms with Crippen molar-refractivity contribution in [2.75, 3.05) is 0 Å². The van der Waals surface area contributed by atoms with Crippen molar-refractivity contribution in [1.29, 1.82) is 0 Å². The van der Waals surface area contributed by atoms with Gasteiger partial charge in [-0.05, 0) is 17.7 Å². The molecule has 0 heterocycles. The summed E-state index contributed by atoms with van der Waals surface area (Å²) in [4.78, 5) is 20.9. The van der Waals surface area contributed by atoms with Crippen LogP contribution in [0.1, 0.15) is 15.9 Å². The highest BCUT2D eigenvalue weighted by Gasteiger charge is 2.39. The van der Waals surface area contributed by atoms with Crippen LogP contribution in [0.25, 0.3) is 6.08 Å². The number of rotatable bonds is 3. The van der Waals surface area contributed by atoms with Crippen LogP contribution in [0.4, 0.5) is 13.2 Å². The fourth-order valence-electron chi connectivity index (χ4n) is 1.10. The second-order valence-corrected chi connectivity index (χ2v) is 2.95. The van der Waals surface area contributed by atoms with Crippen molar-refractivity contribution in [3.63, 3.8) is 0 Å². The number of hydrogen-bond acceptors (Lipinski definition) is 2. The molecule has 0 atom stereocenters. The summed E-state index contributed by atoms with van der Waals surface area (Å²) < 4.78 is 36.3. The first kappa shape index (κ1) is 12.2. The molecule has 0 amide bonds. The predicted octanol–water partition coefficient (Wildman–Crippen LogP) is 2.64. The van der Waals surface area contributed by atoms with E-state index in [4.69, 9.17) is 0 Å². The Morgan fingerprint density at radius 3 is 2.50 bits per heavy atom. The van der Waals surface area contributed by atoms with Gasteiger partial charge in [-0.2, -0.15) is 13.2 Å². The van der Waals surface area contributed by atoms with Gasteiger partial charge in [0.15, 0.2) is 0 Å². The Bertz CT molecular complexity index is 433. The number of benzene rings is 1. The van der Waals surface area contributed by atoms with Gasteiger partial charge in [-0.1, -0.05) is 24.3 Å². The highest BCUT2D eigenvalue weighted by molar-refractivity contribution is 6.00. The standard InChI is InChI=1S/C11H7F3O2/c12-11(13,14)10(16)9-5-1-3-8(7-9)4-2-6-15/h1-7H. The van der Waals surface area contributed by atoms with Crippen LogP contribution in [0.5, 0.6) is 0 Å². The van der Waals surface area contributed by atoms with Crippen molar-refractivity contribution in [2.45, 2.75) is 6.18 Å². The monoisotopic (exact) mass is 228 g/mol. The van der Waals surface area contributed by atoms with Crippen molar-refractivity contribution in [1.82, 2.24) is 0 Å². The Morgan fingerprint density at radius 1 is 1.25 bits per heavy atom. The van der Waals surface area contributed by atoms with E-state index in [0.717, 1.165) is 18.2 Å². The van der Waals surface area contributed by atoms with Gasteiger partial charge in [0, 0.05) is 5.56 Å². The molecule has 84 valence electrons. The van der Waals surface area contributed by atoms with E-state index < -0.39 is 17.5 Å². The summed E-state index contributed by atoms with van der Waals surface area (Å²) in [5.41, 5.74) is -0.0808. The average molecular weight is 228 g/mol. The minimum atomic E-state index is -4.88. The molecule has 0 bridgehead atoms. The van der Waals surface area contributed by atoms with E-state index in [9.17, 15) is 22.8 Å². The largest absolute Gasteiger partial charge is 0.454 e. The fourth-order valence-corrected chi connectivity index (χ4v) is 1.10. The number of hydrogen-bond donors (Lipinski definition) is 0. The SMILES string of the molecule is O=CC=Cc1cccc(C(=O)C(F)(F)F)c1. The Hall–Kier alpha value is -1.91. The van der Waals surface area contributed by atoms with E-state index in [-0.39, 0.29) is 0 Å². The molecule has 16 heavy (non-hydrogen) atoms. The second kappa shape index (κ2) is 4.74. The molecule has 0 saturated carbocycles. The first-order valence-electron chi connectivity index (χ1n) is 4.28. The molecule has 0 aromatic heterocycles. The molecular formula is C11H7F3O2. The first-order valence-corrected chi connectivity index (χ1v) is 4.28. The molecule has 0 saturated heterocycles. The lowest BCUT2D eigenvalue weighted by atomic mass is 10.1. The number of carbonyl (C=O) groups is 2. The summed E-state index contributed by atoms with van der Waals surface area (Å²) in [6, 6.07) is 4.97. The van der Waals surface area contributed by atoms with Gasteiger partial charge in [0.1, 0.15) is 6.29 Å². The zero-order chi connectivity index (χ0) is 12.2. The Kier molecular flexibility index (Phi) is 3.60. The maximum Gasteiger partial charge on any atom is 0.454 e. The highest BCUT2D eigenvalue weighted by atomic mass is 19.4. The predicted molar refractivity (Wildman–Crippen MR) is 51.9 cm³/mol. The number of aldehydes is 1. The number of carbonyl (C=O) groups excluding carboxylic acids is 2. The zero-order valence-corrected chi connectivity index (χ0v) is 7.99. The van der Waals surface area contributed by atoms with Crippen LogP contribution >= 0.6 is 0 Å². The highest BCUT2D eigenvalue weighted by Crippen LogP contribution is 2.22. The topological polar surface area (TPSA) is 34.1 Å². The third-order valence-electron chi connectivity index (χ3n) is 1.77. The van der Waals surface area contributed by atoms with Gasteiger partial charge in [-0.15, -0.1) is 0 Å². The average Bonchev–Trinajstić information content (AvgIpc) is 2.24. The lowest BCUT2D eigenvalue weighted by Gasteiger charge is -2.05. The molecule has 0 aliphatic heterocycles. The zero-order valence-electron chi connectivity index (χ0n) is 7.99. The summed E-state index contributed by atoms with van der Waals surface area (Å²) in [6.45, 7) is 0. The van der Waals surface area contributed by atoms with E-state index in [1.165, 1.54) is 18.2 Å². The summed E-state index contributed by atoms with van der Waals surface area (Å²) in [7, 11) is 0. The lowest BCUT2D eigenvalue weighted by Crippen LogP contribution is -2.22. The number of ketones is 1. The van der Waals surface area contributed by atoms with Crippen molar-refractivity contribution >= 4 is 18.1 Å². The van der Waals surface area contributed by atoms with Gasteiger partial charge in [0.25, 0.3) is 5.78 Å². The number of halogens is 3. The van der Waals surface area contributed by atoms with Crippen LogP contribution < -0.4 is 0 Å². The Morgan fingerprint density at radius 2 is 1.94 bits per heavy atom. The van der Waals surface area contributed by atoms with Crippen molar-refractivity contribution in [2.24, 2.45) is 0 Å². The van der Waals surface area contributed by atoms with Crippen LogP contribution in [0, 0.1) is 0 Å². The molecule has 0 radical (unpaired) electrons. The summed E-state index contributed by atoms with van der Waals surface area (Å²) >= 11 is 0. The summed E-state index contributed by atoms with van der Waals surface area (Å²) in [5.74, 6) is -1.89. The van der Waals surface area contributed by atoms with Gasteiger partial charge in [0.05, 0.1) is 0 Å². The Balaban J connectivity index is 3.03. The molecule has 0 unspecified atom stereocenters. The molecule has 2 nitrogen and oxygen atoms in total. The third kappa shape index (κ3) is 3.05.